The predicted molar refractivity (Wildman–Crippen MR) is 138 cm³/mol. The van der Waals surface area contributed by atoms with E-state index in [1.807, 2.05) is 50.2 Å². The molecule has 1 atom stereocenters. The molecule has 0 radical (unpaired) electrons. The average Bonchev–Trinajstić information content (AvgIpc) is 2.81. The molecule has 0 saturated heterocycles. The molecule has 0 spiro atoms. The van der Waals surface area contributed by atoms with Crippen molar-refractivity contribution >= 4 is 35.2 Å². The average molecular weight is 487 g/mol. The summed E-state index contributed by atoms with van der Waals surface area (Å²) in [6.45, 7) is 4.47. The van der Waals surface area contributed by atoms with E-state index in [1.54, 1.807) is 16.7 Å². The van der Waals surface area contributed by atoms with Crippen LogP contribution in [0.4, 0.5) is 0 Å². The van der Waals surface area contributed by atoms with Gasteiger partial charge < -0.3 is 10.2 Å². The molecule has 1 aliphatic carbocycles. The standard InChI is InChI=1S/C27H35ClN2O2S/c1-3-25(27(32)29-24-10-5-4-6-11-24)30(17-21-14-12-20(2)13-15-21)26(31)19-33-18-22-8-7-9-23(28)16-22/h7-9,12-16,24-25H,3-6,10-11,17-19H2,1-2H3,(H,29,32). The Labute approximate surface area is 207 Å². The summed E-state index contributed by atoms with van der Waals surface area (Å²) in [4.78, 5) is 28.4. The third-order valence-electron chi connectivity index (χ3n) is 6.19. The number of aryl methyl sites for hydroxylation is 1. The highest BCUT2D eigenvalue weighted by Crippen LogP contribution is 2.21. The number of nitrogens with one attached hydrogen (secondary N) is 1. The molecule has 1 N–H and O–H groups in total. The summed E-state index contributed by atoms with van der Waals surface area (Å²) in [5, 5.41) is 3.93. The molecule has 4 nitrogen and oxygen atoms in total. The highest BCUT2D eigenvalue weighted by Gasteiger charge is 2.30. The first-order chi connectivity index (χ1) is 16.0. The first-order valence-corrected chi connectivity index (χ1v) is 13.5. The SMILES string of the molecule is CCC(C(=O)NC1CCCCC1)N(Cc1ccc(C)cc1)C(=O)CSCc1cccc(Cl)c1. The zero-order chi connectivity index (χ0) is 23.6. The number of thioether (sulfide) groups is 1. The minimum absolute atomic E-state index is 0.00625. The molecular weight excluding hydrogens is 452 g/mol. The Morgan fingerprint density at radius 2 is 1.82 bits per heavy atom. The van der Waals surface area contributed by atoms with Crippen LogP contribution in [0.25, 0.3) is 0 Å². The number of nitrogens with zero attached hydrogens (tertiary/aromatic N) is 1. The Kier molecular flexibility index (Phi) is 10.1. The molecule has 33 heavy (non-hydrogen) atoms. The number of carbonyl (C=O) groups is 2. The fourth-order valence-corrected chi connectivity index (χ4v) is 5.39. The lowest BCUT2D eigenvalue weighted by molar-refractivity contribution is -0.139. The Bertz CT molecular complexity index is 913. The van der Waals surface area contributed by atoms with E-state index in [2.05, 4.69) is 17.4 Å². The number of carbonyl (C=O) groups excluding carboxylic acids is 2. The largest absolute Gasteiger partial charge is 0.352 e. The minimum atomic E-state index is -0.465. The van der Waals surface area contributed by atoms with Gasteiger partial charge in [-0.1, -0.05) is 79.7 Å². The molecule has 2 aromatic carbocycles. The molecule has 3 rings (SSSR count). The third kappa shape index (κ3) is 8.08. The summed E-state index contributed by atoms with van der Waals surface area (Å²) < 4.78 is 0. The van der Waals surface area contributed by atoms with Gasteiger partial charge in [-0.2, -0.15) is 0 Å². The van der Waals surface area contributed by atoms with Gasteiger partial charge in [-0.05, 0) is 49.4 Å². The van der Waals surface area contributed by atoms with Crippen molar-refractivity contribution in [2.24, 2.45) is 0 Å². The smallest absolute Gasteiger partial charge is 0.243 e. The van der Waals surface area contributed by atoms with E-state index in [4.69, 9.17) is 11.6 Å². The number of benzene rings is 2. The highest BCUT2D eigenvalue weighted by molar-refractivity contribution is 7.99. The maximum atomic E-state index is 13.4. The van der Waals surface area contributed by atoms with Crippen LogP contribution in [0.2, 0.25) is 5.02 Å². The van der Waals surface area contributed by atoms with Crippen LogP contribution in [-0.2, 0) is 21.9 Å². The van der Waals surface area contributed by atoms with Gasteiger partial charge in [0.1, 0.15) is 6.04 Å². The lowest BCUT2D eigenvalue weighted by Gasteiger charge is -2.32. The van der Waals surface area contributed by atoms with Gasteiger partial charge in [0.2, 0.25) is 11.8 Å². The third-order valence-corrected chi connectivity index (χ3v) is 7.42. The van der Waals surface area contributed by atoms with E-state index in [1.165, 1.54) is 12.0 Å². The number of amides is 2. The summed E-state index contributed by atoms with van der Waals surface area (Å²) >= 11 is 7.64. The van der Waals surface area contributed by atoms with Gasteiger partial charge in [-0.3, -0.25) is 9.59 Å². The first-order valence-electron chi connectivity index (χ1n) is 11.9. The summed E-state index contributed by atoms with van der Waals surface area (Å²) in [5.74, 6) is 0.999. The maximum absolute atomic E-state index is 13.4. The number of hydrogen-bond donors (Lipinski definition) is 1. The van der Waals surface area contributed by atoms with Crippen LogP contribution in [0, 0.1) is 6.92 Å². The lowest BCUT2D eigenvalue weighted by Crippen LogP contribution is -2.52. The van der Waals surface area contributed by atoms with Crippen molar-refractivity contribution in [1.82, 2.24) is 10.2 Å². The Hall–Kier alpha value is -1.98. The van der Waals surface area contributed by atoms with Crippen LogP contribution in [0.15, 0.2) is 48.5 Å². The zero-order valence-electron chi connectivity index (χ0n) is 19.7. The number of rotatable bonds is 10. The second kappa shape index (κ2) is 13.0. The van der Waals surface area contributed by atoms with E-state index >= 15 is 0 Å². The molecule has 0 aliphatic heterocycles. The monoisotopic (exact) mass is 486 g/mol. The zero-order valence-corrected chi connectivity index (χ0v) is 21.3. The molecule has 0 bridgehead atoms. The van der Waals surface area contributed by atoms with Gasteiger partial charge >= 0.3 is 0 Å². The van der Waals surface area contributed by atoms with Crippen molar-refractivity contribution < 1.29 is 9.59 Å². The fourth-order valence-electron chi connectivity index (χ4n) is 4.32. The molecule has 2 aromatic rings. The Morgan fingerprint density at radius 3 is 2.48 bits per heavy atom. The van der Waals surface area contributed by atoms with Gasteiger partial charge in [-0.25, -0.2) is 0 Å². The Morgan fingerprint density at radius 1 is 1.09 bits per heavy atom. The highest BCUT2D eigenvalue weighted by atomic mass is 35.5. The normalized spacial score (nSPS) is 15.1. The van der Waals surface area contributed by atoms with Crippen LogP contribution in [0.5, 0.6) is 0 Å². The number of halogens is 1. The second-order valence-electron chi connectivity index (χ2n) is 8.90. The second-order valence-corrected chi connectivity index (χ2v) is 10.3. The van der Waals surface area contributed by atoms with E-state index < -0.39 is 6.04 Å². The van der Waals surface area contributed by atoms with E-state index in [0.717, 1.165) is 36.8 Å². The Balaban J connectivity index is 1.69. The number of hydrogen-bond acceptors (Lipinski definition) is 3. The molecule has 6 heteroatoms. The molecular formula is C27H35ClN2O2S. The van der Waals surface area contributed by atoms with Crippen LogP contribution >= 0.6 is 23.4 Å². The fraction of sp³-hybridized carbons (Fsp3) is 0.481. The van der Waals surface area contributed by atoms with Gasteiger partial charge in [-0.15, -0.1) is 11.8 Å². The van der Waals surface area contributed by atoms with Crippen molar-refractivity contribution in [1.29, 1.82) is 0 Å². The van der Waals surface area contributed by atoms with Crippen LogP contribution in [0.3, 0.4) is 0 Å². The van der Waals surface area contributed by atoms with Crippen molar-refractivity contribution in [2.75, 3.05) is 5.75 Å². The van der Waals surface area contributed by atoms with Crippen LogP contribution in [-0.4, -0.2) is 34.6 Å². The van der Waals surface area contributed by atoms with Crippen molar-refractivity contribution in [3.8, 4) is 0 Å². The summed E-state index contributed by atoms with van der Waals surface area (Å²) in [5.41, 5.74) is 3.31. The molecule has 0 aromatic heterocycles. The minimum Gasteiger partial charge on any atom is -0.352 e. The van der Waals surface area contributed by atoms with Gasteiger partial charge in [0.15, 0.2) is 0 Å². The van der Waals surface area contributed by atoms with Gasteiger partial charge in [0, 0.05) is 23.4 Å². The van der Waals surface area contributed by atoms with Crippen LogP contribution < -0.4 is 5.32 Å². The summed E-state index contributed by atoms with van der Waals surface area (Å²) in [6, 6.07) is 15.7. The molecule has 0 heterocycles. The van der Waals surface area contributed by atoms with Gasteiger partial charge in [0.25, 0.3) is 0 Å². The summed E-state index contributed by atoms with van der Waals surface area (Å²) in [7, 11) is 0. The van der Waals surface area contributed by atoms with Crippen molar-refractivity contribution in [3.63, 3.8) is 0 Å². The van der Waals surface area contributed by atoms with Crippen LogP contribution in [0.1, 0.15) is 62.1 Å². The molecule has 1 fully saturated rings. The molecule has 1 saturated carbocycles. The van der Waals surface area contributed by atoms with Crippen molar-refractivity contribution in [2.45, 2.75) is 76.8 Å². The molecule has 178 valence electrons. The molecule has 2 amide bonds. The predicted octanol–water partition coefficient (Wildman–Crippen LogP) is 6.14. The van der Waals surface area contributed by atoms with E-state index in [-0.39, 0.29) is 17.9 Å². The maximum Gasteiger partial charge on any atom is 0.243 e. The molecule has 1 unspecified atom stereocenters. The van der Waals surface area contributed by atoms with E-state index in [0.29, 0.717) is 29.5 Å². The molecule has 1 aliphatic rings. The van der Waals surface area contributed by atoms with Crippen molar-refractivity contribution in [3.05, 3.63) is 70.2 Å². The lowest BCUT2D eigenvalue weighted by atomic mass is 9.95. The van der Waals surface area contributed by atoms with E-state index in [9.17, 15) is 9.59 Å². The topological polar surface area (TPSA) is 49.4 Å². The quantitative estimate of drug-likeness (QED) is 0.439. The van der Waals surface area contributed by atoms with Gasteiger partial charge in [0.05, 0.1) is 5.75 Å². The first kappa shape index (κ1) is 25.6. The summed E-state index contributed by atoms with van der Waals surface area (Å²) in [6.07, 6.45) is 6.22.